The van der Waals surface area contributed by atoms with Crippen molar-refractivity contribution in [2.24, 2.45) is 0 Å². The smallest absolute Gasteiger partial charge is 0.421 e. The highest BCUT2D eigenvalue weighted by Gasteiger charge is 2.35. The summed E-state index contributed by atoms with van der Waals surface area (Å²) in [5.41, 5.74) is -0.863. The molecule has 1 aromatic heterocycles. The van der Waals surface area contributed by atoms with Crippen LogP contribution in [0.5, 0.6) is 5.88 Å². The quantitative estimate of drug-likeness (QED) is 0.540. The number of carbonyl (C=O) groups excluding carboxylic acids is 1. The second-order valence-electron chi connectivity index (χ2n) is 6.76. The molecule has 1 aromatic carbocycles. The molecule has 7 heteroatoms. The third-order valence-corrected chi connectivity index (χ3v) is 3.21. The Morgan fingerprint density at radius 3 is 2.41 bits per heavy atom. The van der Waals surface area contributed by atoms with Crippen molar-refractivity contribution in [3.8, 4) is 5.88 Å². The van der Waals surface area contributed by atoms with Crippen molar-refractivity contribution < 1.29 is 27.4 Å². The summed E-state index contributed by atoms with van der Waals surface area (Å²) in [6.07, 6.45) is -1.16. The van der Waals surface area contributed by atoms with Crippen LogP contribution in [0.4, 0.5) is 13.2 Å². The van der Waals surface area contributed by atoms with Gasteiger partial charge in [-0.2, -0.15) is 13.2 Å². The Balaban J connectivity index is 2.19. The molecule has 0 bridgehead atoms. The van der Waals surface area contributed by atoms with Crippen molar-refractivity contribution in [2.45, 2.75) is 39.2 Å². The summed E-state index contributed by atoms with van der Waals surface area (Å²) < 4.78 is 50.3. The van der Waals surface area contributed by atoms with Gasteiger partial charge in [0.2, 0.25) is 5.88 Å². The molecule has 4 nitrogen and oxygen atoms in total. The maximum atomic E-state index is 13.3. The van der Waals surface area contributed by atoms with Crippen LogP contribution < -0.4 is 4.74 Å². The van der Waals surface area contributed by atoms with E-state index in [1.165, 1.54) is 12.3 Å². The zero-order chi connectivity index (χ0) is 20.1. The molecule has 2 aromatic rings. The number of alkyl halides is 3. The Hall–Kier alpha value is -2.83. The van der Waals surface area contributed by atoms with Gasteiger partial charge in [0.1, 0.15) is 17.8 Å². The second kappa shape index (κ2) is 8.24. The van der Waals surface area contributed by atoms with Gasteiger partial charge in [-0.25, -0.2) is 9.78 Å². The molecule has 0 saturated carbocycles. The Morgan fingerprint density at radius 2 is 1.81 bits per heavy atom. The van der Waals surface area contributed by atoms with Gasteiger partial charge in [-0.1, -0.05) is 30.3 Å². The summed E-state index contributed by atoms with van der Waals surface area (Å²) in [7, 11) is 0. The Kier molecular flexibility index (Phi) is 6.25. The number of hydrogen-bond acceptors (Lipinski definition) is 4. The summed E-state index contributed by atoms with van der Waals surface area (Å²) >= 11 is 0. The average molecular weight is 379 g/mol. The SMILES string of the molecule is CC(C)(C)OC(=O)C=Cc1cnc(OCc2ccccc2)c(C(F)(F)F)c1. The van der Waals surface area contributed by atoms with Crippen LogP contribution in [-0.4, -0.2) is 16.6 Å². The predicted octanol–water partition coefficient (Wildman–Crippen LogP) is 5.03. The molecule has 0 radical (unpaired) electrons. The van der Waals surface area contributed by atoms with Crippen LogP contribution in [0, 0.1) is 0 Å². The van der Waals surface area contributed by atoms with Crippen molar-refractivity contribution in [3.63, 3.8) is 0 Å². The standard InChI is InChI=1S/C20H20F3NO3/c1-19(2,3)27-17(25)10-9-15-11-16(20(21,22)23)18(24-12-15)26-13-14-7-5-4-6-8-14/h4-12H,13H2,1-3H3. The van der Waals surface area contributed by atoms with Gasteiger partial charge >= 0.3 is 12.1 Å². The molecule has 0 unspecified atom stereocenters. The Bertz CT molecular complexity index is 809. The van der Waals surface area contributed by atoms with E-state index in [-0.39, 0.29) is 12.2 Å². The van der Waals surface area contributed by atoms with Crippen LogP contribution >= 0.6 is 0 Å². The highest BCUT2D eigenvalue weighted by atomic mass is 19.4. The number of carbonyl (C=O) groups is 1. The van der Waals surface area contributed by atoms with Crippen LogP contribution in [0.2, 0.25) is 0 Å². The molecule has 0 N–H and O–H groups in total. The molecule has 0 spiro atoms. The van der Waals surface area contributed by atoms with Crippen LogP contribution in [0.1, 0.15) is 37.5 Å². The van der Waals surface area contributed by atoms with Crippen LogP contribution in [0.3, 0.4) is 0 Å². The minimum Gasteiger partial charge on any atom is -0.472 e. The molecular weight excluding hydrogens is 359 g/mol. The van der Waals surface area contributed by atoms with E-state index < -0.39 is 29.2 Å². The maximum Gasteiger partial charge on any atom is 0.421 e. The number of halogens is 3. The van der Waals surface area contributed by atoms with Crippen molar-refractivity contribution in [3.05, 3.63) is 65.4 Å². The van der Waals surface area contributed by atoms with Gasteiger partial charge in [0.05, 0.1) is 0 Å². The summed E-state index contributed by atoms with van der Waals surface area (Å²) in [5.74, 6) is -1.17. The average Bonchev–Trinajstić information content (AvgIpc) is 2.57. The number of esters is 1. The van der Waals surface area contributed by atoms with E-state index in [2.05, 4.69) is 4.98 Å². The molecule has 0 amide bonds. The van der Waals surface area contributed by atoms with E-state index in [0.717, 1.165) is 17.7 Å². The first kappa shape index (κ1) is 20.5. The number of aromatic nitrogens is 1. The number of hydrogen-bond donors (Lipinski definition) is 0. The summed E-state index contributed by atoms with van der Waals surface area (Å²) in [4.78, 5) is 15.4. The number of rotatable bonds is 5. The highest BCUT2D eigenvalue weighted by molar-refractivity contribution is 5.87. The van der Waals surface area contributed by atoms with Crippen molar-refractivity contribution in [1.29, 1.82) is 0 Å². The molecule has 0 aliphatic heterocycles. The van der Waals surface area contributed by atoms with E-state index in [4.69, 9.17) is 9.47 Å². The van der Waals surface area contributed by atoms with E-state index in [9.17, 15) is 18.0 Å². The van der Waals surface area contributed by atoms with E-state index in [1.807, 2.05) is 0 Å². The molecule has 144 valence electrons. The lowest BCUT2D eigenvalue weighted by Crippen LogP contribution is -2.22. The first-order valence-corrected chi connectivity index (χ1v) is 8.19. The molecular formula is C20H20F3NO3. The fourth-order valence-electron chi connectivity index (χ4n) is 2.10. The zero-order valence-corrected chi connectivity index (χ0v) is 15.2. The van der Waals surface area contributed by atoms with E-state index in [0.29, 0.717) is 0 Å². The van der Waals surface area contributed by atoms with Crippen molar-refractivity contribution in [2.75, 3.05) is 0 Å². The summed E-state index contributed by atoms with van der Waals surface area (Å²) in [5, 5.41) is 0. The second-order valence-corrected chi connectivity index (χ2v) is 6.76. The monoisotopic (exact) mass is 379 g/mol. The fraction of sp³-hybridized carbons (Fsp3) is 0.300. The van der Waals surface area contributed by atoms with Gasteiger partial charge in [0, 0.05) is 12.3 Å². The third-order valence-electron chi connectivity index (χ3n) is 3.21. The number of ether oxygens (including phenoxy) is 2. The van der Waals surface area contributed by atoms with E-state index in [1.54, 1.807) is 51.1 Å². The van der Waals surface area contributed by atoms with Crippen molar-refractivity contribution >= 4 is 12.0 Å². The summed E-state index contributed by atoms with van der Waals surface area (Å²) in [6, 6.07) is 9.70. The highest BCUT2D eigenvalue weighted by Crippen LogP contribution is 2.36. The predicted molar refractivity (Wildman–Crippen MR) is 94.9 cm³/mol. The minimum atomic E-state index is -4.64. The molecule has 0 saturated heterocycles. The molecule has 0 aliphatic rings. The third kappa shape index (κ3) is 6.77. The molecule has 1 heterocycles. The van der Waals surface area contributed by atoms with Gasteiger partial charge in [-0.3, -0.25) is 0 Å². The number of benzene rings is 1. The minimum absolute atomic E-state index is 0.0377. The van der Waals surface area contributed by atoms with Gasteiger partial charge in [0.15, 0.2) is 0 Å². The lowest BCUT2D eigenvalue weighted by Gasteiger charge is -2.18. The lowest BCUT2D eigenvalue weighted by molar-refractivity contribution is -0.148. The molecule has 0 atom stereocenters. The molecule has 0 aliphatic carbocycles. The maximum absolute atomic E-state index is 13.3. The largest absolute Gasteiger partial charge is 0.472 e. The zero-order valence-electron chi connectivity index (χ0n) is 15.2. The topological polar surface area (TPSA) is 48.4 Å². The van der Waals surface area contributed by atoms with Crippen LogP contribution in [0.15, 0.2) is 48.7 Å². The van der Waals surface area contributed by atoms with Gasteiger partial charge in [-0.15, -0.1) is 0 Å². The van der Waals surface area contributed by atoms with Crippen LogP contribution in [-0.2, 0) is 22.3 Å². The lowest BCUT2D eigenvalue weighted by atomic mass is 10.1. The fourth-order valence-corrected chi connectivity index (χ4v) is 2.10. The first-order chi connectivity index (χ1) is 12.5. The van der Waals surface area contributed by atoms with Gasteiger partial charge < -0.3 is 9.47 Å². The first-order valence-electron chi connectivity index (χ1n) is 8.19. The normalized spacial score (nSPS) is 12.2. The van der Waals surface area contributed by atoms with Gasteiger partial charge in [-0.05, 0) is 44.0 Å². The number of nitrogens with zero attached hydrogens (tertiary/aromatic N) is 1. The summed E-state index contributed by atoms with van der Waals surface area (Å²) in [6.45, 7) is 5.05. The molecule has 0 fully saturated rings. The van der Waals surface area contributed by atoms with Crippen molar-refractivity contribution in [1.82, 2.24) is 4.98 Å². The Labute approximate surface area is 155 Å². The molecule has 2 rings (SSSR count). The Morgan fingerprint density at radius 1 is 1.15 bits per heavy atom. The van der Waals surface area contributed by atoms with E-state index >= 15 is 0 Å². The molecule has 27 heavy (non-hydrogen) atoms. The van der Waals surface area contributed by atoms with Gasteiger partial charge in [0.25, 0.3) is 0 Å². The number of pyridine rings is 1. The van der Waals surface area contributed by atoms with Crippen LogP contribution in [0.25, 0.3) is 6.08 Å².